The van der Waals surface area contributed by atoms with Gasteiger partial charge in [-0.1, -0.05) is 72.5 Å². The van der Waals surface area contributed by atoms with Gasteiger partial charge in [0.25, 0.3) is 0 Å². The third kappa shape index (κ3) is 3.56. The first-order valence-corrected chi connectivity index (χ1v) is 12.4. The number of hydrogen-bond acceptors (Lipinski definition) is 1. The van der Waals surface area contributed by atoms with E-state index in [1.807, 2.05) is 19.4 Å². The maximum atomic E-state index is 4.04. The fourth-order valence-corrected chi connectivity index (χ4v) is 7.85. The molecule has 7 atom stereocenters. The van der Waals surface area contributed by atoms with Gasteiger partial charge in [-0.3, -0.25) is 0 Å². The Morgan fingerprint density at radius 1 is 1.15 bits per heavy atom. The Morgan fingerprint density at radius 3 is 2.67 bits per heavy atom. The summed E-state index contributed by atoms with van der Waals surface area (Å²) in [5.41, 5.74) is 2.95. The summed E-state index contributed by atoms with van der Waals surface area (Å²) in [5, 5.41) is 4.04. The third-order valence-corrected chi connectivity index (χ3v) is 9.31. The van der Waals surface area contributed by atoms with Crippen molar-refractivity contribution in [2.75, 3.05) is 6.54 Å². The van der Waals surface area contributed by atoms with E-state index in [0.29, 0.717) is 10.8 Å². The van der Waals surface area contributed by atoms with Crippen LogP contribution in [-0.2, 0) is 0 Å². The zero-order valence-electron chi connectivity index (χ0n) is 19.2. The number of fused-ring (bicyclic) bond motifs is 5. The van der Waals surface area contributed by atoms with E-state index in [0.717, 1.165) is 29.7 Å². The highest BCUT2D eigenvalue weighted by Crippen LogP contribution is 2.63. The van der Waals surface area contributed by atoms with E-state index >= 15 is 0 Å². The van der Waals surface area contributed by atoms with Crippen LogP contribution in [0.1, 0.15) is 106 Å². The molecule has 27 heavy (non-hydrogen) atoms. The van der Waals surface area contributed by atoms with Crippen LogP contribution in [0.3, 0.4) is 0 Å². The monoisotopic (exact) mass is 373 g/mol. The minimum atomic E-state index is 0.546. The highest BCUT2D eigenvalue weighted by molar-refractivity contribution is 5.24. The van der Waals surface area contributed by atoms with E-state index < -0.39 is 0 Å². The van der Waals surface area contributed by atoms with Crippen LogP contribution in [-0.4, -0.2) is 12.6 Å². The molecule has 7 unspecified atom stereocenters. The lowest BCUT2D eigenvalue weighted by Gasteiger charge is -2.57. The summed E-state index contributed by atoms with van der Waals surface area (Å²) in [6, 6.07) is 0.759. The van der Waals surface area contributed by atoms with Crippen LogP contribution in [0.5, 0.6) is 0 Å². The van der Waals surface area contributed by atoms with Crippen LogP contribution >= 0.6 is 0 Å². The second-order valence-electron chi connectivity index (χ2n) is 10.5. The molecule has 2 saturated carbocycles. The van der Waals surface area contributed by atoms with Crippen molar-refractivity contribution in [1.82, 2.24) is 5.32 Å². The molecular weight excluding hydrogens is 326 g/mol. The van der Waals surface area contributed by atoms with Crippen LogP contribution in [0.15, 0.2) is 11.6 Å². The lowest BCUT2D eigenvalue weighted by Crippen LogP contribution is -2.52. The van der Waals surface area contributed by atoms with Gasteiger partial charge in [0.1, 0.15) is 0 Å². The van der Waals surface area contributed by atoms with E-state index in [1.165, 1.54) is 70.8 Å². The van der Waals surface area contributed by atoms with Crippen molar-refractivity contribution in [2.24, 2.45) is 34.5 Å². The van der Waals surface area contributed by atoms with Gasteiger partial charge in [-0.05, 0) is 86.0 Å². The van der Waals surface area contributed by atoms with Gasteiger partial charge >= 0.3 is 0 Å². The lowest BCUT2D eigenvalue weighted by atomic mass is 9.47. The summed E-state index contributed by atoms with van der Waals surface area (Å²) >= 11 is 0. The number of rotatable bonds is 4. The van der Waals surface area contributed by atoms with Gasteiger partial charge in [-0.25, -0.2) is 0 Å². The summed E-state index contributed by atoms with van der Waals surface area (Å²) < 4.78 is 0. The van der Waals surface area contributed by atoms with E-state index in [4.69, 9.17) is 0 Å². The molecule has 3 aliphatic carbocycles. The maximum Gasteiger partial charge on any atom is 0.0150 e. The smallest absolute Gasteiger partial charge is 0.0150 e. The van der Waals surface area contributed by atoms with Crippen LogP contribution < -0.4 is 5.32 Å². The van der Waals surface area contributed by atoms with Crippen LogP contribution in [0.2, 0.25) is 0 Å². The molecule has 1 heteroatoms. The Morgan fingerprint density at radius 2 is 1.93 bits per heavy atom. The van der Waals surface area contributed by atoms with Crippen molar-refractivity contribution in [1.29, 1.82) is 0 Å². The summed E-state index contributed by atoms with van der Waals surface area (Å²) in [7, 11) is 0. The van der Waals surface area contributed by atoms with Crippen molar-refractivity contribution in [3.8, 4) is 0 Å². The van der Waals surface area contributed by atoms with Crippen LogP contribution in [0.25, 0.3) is 0 Å². The summed E-state index contributed by atoms with van der Waals surface area (Å²) in [4.78, 5) is 0. The molecule has 3 fully saturated rings. The van der Waals surface area contributed by atoms with Gasteiger partial charge in [0.15, 0.2) is 0 Å². The van der Waals surface area contributed by atoms with Gasteiger partial charge in [-0.15, -0.1) is 0 Å². The van der Waals surface area contributed by atoms with E-state index in [2.05, 4.69) is 39.1 Å². The number of unbranched alkanes of at least 4 members (excludes halogenated alkanes) is 1. The van der Waals surface area contributed by atoms with Crippen molar-refractivity contribution < 1.29 is 0 Å². The maximum absolute atomic E-state index is 4.04. The lowest BCUT2D eigenvalue weighted by molar-refractivity contribution is -0.0325. The second kappa shape index (κ2) is 8.60. The number of hydrogen-bond donors (Lipinski definition) is 1. The molecule has 0 aromatic rings. The minimum Gasteiger partial charge on any atom is -0.313 e. The Balaban J connectivity index is 0.00000102. The predicted molar refractivity (Wildman–Crippen MR) is 119 cm³/mol. The van der Waals surface area contributed by atoms with E-state index in [-0.39, 0.29) is 0 Å². The quantitative estimate of drug-likeness (QED) is 0.507. The largest absolute Gasteiger partial charge is 0.313 e. The molecule has 0 bridgehead atoms. The van der Waals surface area contributed by atoms with Gasteiger partial charge < -0.3 is 5.32 Å². The molecule has 0 aromatic heterocycles. The minimum absolute atomic E-state index is 0.546. The van der Waals surface area contributed by atoms with Crippen LogP contribution in [0.4, 0.5) is 0 Å². The summed E-state index contributed by atoms with van der Waals surface area (Å²) in [5.74, 6) is 3.67. The highest BCUT2D eigenvalue weighted by atomic mass is 15.0. The molecule has 1 nitrogen and oxygen atoms in total. The van der Waals surface area contributed by atoms with Crippen molar-refractivity contribution in [3.63, 3.8) is 0 Å². The molecule has 0 amide bonds. The zero-order valence-corrected chi connectivity index (χ0v) is 19.2. The van der Waals surface area contributed by atoms with Gasteiger partial charge in [0.05, 0.1) is 0 Å². The highest BCUT2D eigenvalue weighted by Gasteiger charge is 2.58. The molecule has 0 radical (unpaired) electrons. The molecule has 0 spiro atoms. The number of nitrogens with one attached hydrogen (secondary N) is 1. The first-order chi connectivity index (χ1) is 13.0. The number of allylic oxidation sites excluding steroid dienone is 2. The van der Waals surface area contributed by atoms with Gasteiger partial charge in [0, 0.05) is 6.04 Å². The Bertz CT molecular complexity index is 522. The molecule has 1 aliphatic heterocycles. The van der Waals surface area contributed by atoms with Crippen molar-refractivity contribution >= 4 is 0 Å². The van der Waals surface area contributed by atoms with Gasteiger partial charge in [0.2, 0.25) is 0 Å². The van der Waals surface area contributed by atoms with Crippen molar-refractivity contribution in [2.45, 2.75) is 112 Å². The first kappa shape index (κ1) is 21.4. The third-order valence-electron chi connectivity index (χ3n) is 9.31. The van der Waals surface area contributed by atoms with E-state index in [9.17, 15) is 0 Å². The van der Waals surface area contributed by atoms with Gasteiger partial charge in [-0.2, -0.15) is 0 Å². The van der Waals surface area contributed by atoms with Crippen LogP contribution in [0, 0.1) is 34.5 Å². The first-order valence-electron chi connectivity index (χ1n) is 12.4. The topological polar surface area (TPSA) is 12.0 Å². The Hall–Kier alpha value is -0.300. The standard InChI is InChI=1S/C24H41N.C2H6/c1-5-6-9-17(2)22-24(4)15-13-20-19(21(24)16-25-22)12-11-18-10-7-8-14-23(18,20)3;1-2/h11,17,19-22,25H,5-10,12-16H2,1-4H3;1-2H3. The molecule has 1 N–H and O–H groups in total. The fourth-order valence-electron chi connectivity index (χ4n) is 7.85. The average Bonchev–Trinajstić information content (AvgIpc) is 3.04. The van der Waals surface area contributed by atoms with E-state index in [1.54, 1.807) is 0 Å². The average molecular weight is 374 g/mol. The molecule has 1 saturated heterocycles. The zero-order chi connectivity index (χ0) is 19.7. The SMILES string of the molecule is CC.CCCCC(C)C1NCC2C3CC=C4CCCCC4(C)C3CCC21C. The second-order valence-corrected chi connectivity index (χ2v) is 10.5. The fraction of sp³-hybridized carbons (Fsp3) is 0.923. The molecule has 0 aromatic carbocycles. The Labute approximate surface area is 170 Å². The molecule has 4 aliphatic rings. The molecule has 4 rings (SSSR count). The normalized spacial score (nSPS) is 44.1. The molecule has 1 heterocycles. The molecule has 156 valence electrons. The summed E-state index contributed by atoms with van der Waals surface area (Å²) in [6.07, 6.45) is 17.0. The molecular formula is C26H47N. The summed E-state index contributed by atoms with van der Waals surface area (Å²) in [6.45, 7) is 15.4. The van der Waals surface area contributed by atoms with Crippen molar-refractivity contribution in [3.05, 3.63) is 11.6 Å². The Kier molecular flexibility index (Phi) is 6.82. The predicted octanol–water partition coefficient (Wildman–Crippen LogP) is 7.37.